The van der Waals surface area contributed by atoms with Crippen molar-refractivity contribution in [3.8, 4) is 0 Å². The van der Waals surface area contributed by atoms with E-state index < -0.39 is 0 Å². The zero-order chi connectivity index (χ0) is 14.4. The van der Waals surface area contributed by atoms with Gasteiger partial charge in [0.05, 0.1) is 12.6 Å². The van der Waals surface area contributed by atoms with E-state index in [1.165, 1.54) is 5.56 Å². The highest BCUT2D eigenvalue weighted by molar-refractivity contribution is 5.94. The lowest BCUT2D eigenvalue weighted by molar-refractivity contribution is 0.101. The van der Waals surface area contributed by atoms with E-state index in [1.807, 2.05) is 42.5 Å². The van der Waals surface area contributed by atoms with Crippen molar-refractivity contribution in [3.63, 3.8) is 0 Å². The lowest BCUT2D eigenvalue weighted by Crippen LogP contribution is -2.26. The average molecular weight is 269 g/mol. The first-order valence-corrected chi connectivity index (χ1v) is 6.71. The molecule has 3 nitrogen and oxygen atoms in total. The quantitative estimate of drug-likeness (QED) is 0.793. The van der Waals surface area contributed by atoms with Gasteiger partial charge < -0.3 is 10.4 Å². The number of aliphatic hydroxyl groups is 1. The predicted octanol–water partition coefficient (Wildman–Crippen LogP) is 2.90. The van der Waals surface area contributed by atoms with Gasteiger partial charge in [-0.25, -0.2) is 0 Å². The Hall–Kier alpha value is -2.13. The first kappa shape index (κ1) is 14.3. The summed E-state index contributed by atoms with van der Waals surface area (Å²) in [5, 5.41) is 12.8. The SMILES string of the molecule is CC(=O)c1ccc(NC(CO)Cc2ccccc2)cc1. The molecule has 0 aliphatic heterocycles. The molecule has 0 saturated carbocycles. The highest BCUT2D eigenvalue weighted by Gasteiger charge is 2.08. The number of Topliss-reactive ketones (excluding diaryl/α,β-unsaturated/α-hetero) is 1. The highest BCUT2D eigenvalue weighted by atomic mass is 16.3. The highest BCUT2D eigenvalue weighted by Crippen LogP contribution is 2.13. The minimum Gasteiger partial charge on any atom is -0.394 e. The van der Waals surface area contributed by atoms with Crippen molar-refractivity contribution in [2.75, 3.05) is 11.9 Å². The van der Waals surface area contributed by atoms with E-state index in [-0.39, 0.29) is 18.4 Å². The molecule has 0 aliphatic rings. The van der Waals surface area contributed by atoms with Crippen LogP contribution in [0.1, 0.15) is 22.8 Å². The van der Waals surface area contributed by atoms with E-state index in [0.29, 0.717) is 5.56 Å². The molecule has 0 aliphatic carbocycles. The summed E-state index contributed by atoms with van der Waals surface area (Å²) >= 11 is 0. The van der Waals surface area contributed by atoms with Gasteiger partial charge in [-0.3, -0.25) is 4.79 Å². The van der Waals surface area contributed by atoms with Crippen LogP contribution in [0.3, 0.4) is 0 Å². The first-order chi connectivity index (χ1) is 9.69. The van der Waals surface area contributed by atoms with Crippen LogP contribution in [-0.4, -0.2) is 23.5 Å². The van der Waals surface area contributed by atoms with Crippen molar-refractivity contribution in [2.45, 2.75) is 19.4 Å². The van der Waals surface area contributed by atoms with Gasteiger partial charge in [-0.05, 0) is 43.2 Å². The molecular formula is C17H19NO2. The number of nitrogens with one attached hydrogen (secondary N) is 1. The summed E-state index contributed by atoms with van der Waals surface area (Å²) < 4.78 is 0. The number of anilines is 1. The second-order valence-electron chi connectivity index (χ2n) is 4.85. The van der Waals surface area contributed by atoms with Gasteiger partial charge in [-0.15, -0.1) is 0 Å². The minimum atomic E-state index is -0.0411. The number of rotatable bonds is 6. The van der Waals surface area contributed by atoms with E-state index in [2.05, 4.69) is 5.32 Å². The molecule has 0 spiro atoms. The third-order valence-corrected chi connectivity index (χ3v) is 3.21. The Balaban J connectivity index is 2.01. The summed E-state index contributed by atoms with van der Waals surface area (Å²) in [4.78, 5) is 11.2. The fourth-order valence-electron chi connectivity index (χ4n) is 2.10. The topological polar surface area (TPSA) is 49.3 Å². The van der Waals surface area contributed by atoms with E-state index in [0.717, 1.165) is 12.1 Å². The van der Waals surface area contributed by atoms with Crippen LogP contribution >= 0.6 is 0 Å². The number of benzene rings is 2. The number of carbonyl (C=O) groups is 1. The summed E-state index contributed by atoms with van der Waals surface area (Å²) in [6.07, 6.45) is 0.756. The monoisotopic (exact) mass is 269 g/mol. The van der Waals surface area contributed by atoms with Crippen molar-refractivity contribution in [2.24, 2.45) is 0 Å². The molecule has 2 aromatic rings. The molecule has 0 radical (unpaired) electrons. The number of ketones is 1. The zero-order valence-corrected chi connectivity index (χ0v) is 11.5. The maximum absolute atomic E-state index is 11.2. The molecular weight excluding hydrogens is 250 g/mol. The maximum atomic E-state index is 11.2. The van der Waals surface area contributed by atoms with Gasteiger partial charge in [-0.2, -0.15) is 0 Å². The molecule has 2 rings (SSSR count). The summed E-state index contributed by atoms with van der Waals surface area (Å²) in [5.41, 5.74) is 2.78. The number of carbonyl (C=O) groups excluding carboxylic acids is 1. The molecule has 0 bridgehead atoms. The van der Waals surface area contributed by atoms with Crippen molar-refractivity contribution in [3.05, 3.63) is 65.7 Å². The van der Waals surface area contributed by atoms with Crippen molar-refractivity contribution in [1.29, 1.82) is 0 Å². The molecule has 2 aromatic carbocycles. The van der Waals surface area contributed by atoms with Gasteiger partial charge >= 0.3 is 0 Å². The number of aliphatic hydroxyl groups excluding tert-OH is 1. The zero-order valence-electron chi connectivity index (χ0n) is 11.5. The van der Waals surface area contributed by atoms with Crippen molar-refractivity contribution >= 4 is 11.5 Å². The van der Waals surface area contributed by atoms with Crippen molar-refractivity contribution in [1.82, 2.24) is 0 Å². The molecule has 0 amide bonds. The molecule has 1 unspecified atom stereocenters. The molecule has 0 saturated heterocycles. The maximum Gasteiger partial charge on any atom is 0.159 e. The third kappa shape index (κ3) is 3.93. The molecule has 0 fully saturated rings. The van der Waals surface area contributed by atoms with Crippen LogP contribution in [0.2, 0.25) is 0 Å². The second-order valence-corrected chi connectivity index (χ2v) is 4.85. The predicted molar refractivity (Wildman–Crippen MR) is 81.1 cm³/mol. The molecule has 1 atom stereocenters. The van der Waals surface area contributed by atoms with Gasteiger partial charge in [0.1, 0.15) is 0 Å². The van der Waals surface area contributed by atoms with Crippen LogP contribution in [0.4, 0.5) is 5.69 Å². The molecule has 3 heteroatoms. The molecule has 20 heavy (non-hydrogen) atoms. The molecule has 104 valence electrons. The number of hydrogen-bond donors (Lipinski definition) is 2. The summed E-state index contributed by atoms with van der Waals surface area (Å²) in [7, 11) is 0. The summed E-state index contributed by atoms with van der Waals surface area (Å²) in [5.74, 6) is 0.0551. The first-order valence-electron chi connectivity index (χ1n) is 6.71. The third-order valence-electron chi connectivity index (χ3n) is 3.21. The van der Waals surface area contributed by atoms with Crippen molar-refractivity contribution < 1.29 is 9.90 Å². The Morgan fingerprint density at radius 1 is 1.10 bits per heavy atom. The smallest absolute Gasteiger partial charge is 0.159 e. The summed E-state index contributed by atoms with van der Waals surface area (Å²) in [6, 6.07) is 17.3. The van der Waals surface area contributed by atoms with Gasteiger partial charge in [-0.1, -0.05) is 30.3 Å². The van der Waals surface area contributed by atoms with Gasteiger partial charge in [0.2, 0.25) is 0 Å². The Morgan fingerprint density at radius 2 is 1.75 bits per heavy atom. The average Bonchev–Trinajstić information content (AvgIpc) is 2.48. The van der Waals surface area contributed by atoms with Gasteiger partial charge in [0.15, 0.2) is 5.78 Å². The standard InChI is InChI=1S/C17H19NO2/c1-13(20)15-7-9-16(10-8-15)18-17(12-19)11-14-5-3-2-4-6-14/h2-10,17-19H,11-12H2,1H3. The van der Waals surface area contributed by atoms with Crippen LogP contribution in [0.5, 0.6) is 0 Å². The Morgan fingerprint density at radius 3 is 2.30 bits per heavy atom. The second kappa shape index (κ2) is 6.87. The van der Waals surface area contributed by atoms with Crippen LogP contribution in [0, 0.1) is 0 Å². The summed E-state index contributed by atoms with van der Waals surface area (Å²) in [6.45, 7) is 1.61. The lowest BCUT2D eigenvalue weighted by atomic mass is 10.1. The van der Waals surface area contributed by atoms with E-state index in [1.54, 1.807) is 19.1 Å². The fraction of sp³-hybridized carbons (Fsp3) is 0.235. The Bertz CT molecular complexity index is 549. The molecule has 2 N–H and O–H groups in total. The fourth-order valence-corrected chi connectivity index (χ4v) is 2.10. The Kier molecular flexibility index (Phi) is 4.91. The van der Waals surface area contributed by atoms with E-state index >= 15 is 0 Å². The van der Waals surface area contributed by atoms with Crippen LogP contribution < -0.4 is 5.32 Å². The molecule has 0 heterocycles. The lowest BCUT2D eigenvalue weighted by Gasteiger charge is -2.18. The van der Waals surface area contributed by atoms with Crippen LogP contribution in [0.15, 0.2) is 54.6 Å². The van der Waals surface area contributed by atoms with Gasteiger partial charge in [0, 0.05) is 11.3 Å². The van der Waals surface area contributed by atoms with E-state index in [9.17, 15) is 9.90 Å². The minimum absolute atomic E-state index is 0.0411. The van der Waals surface area contributed by atoms with Crippen LogP contribution in [0.25, 0.3) is 0 Å². The molecule has 0 aromatic heterocycles. The van der Waals surface area contributed by atoms with Crippen LogP contribution in [-0.2, 0) is 6.42 Å². The normalized spacial score (nSPS) is 11.9. The number of hydrogen-bond acceptors (Lipinski definition) is 3. The largest absolute Gasteiger partial charge is 0.394 e. The Labute approximate surface area is 119 Å². The van der Waals surface area contributed by atoms with E-state index in [4.69, 9.17) is 0 Å². The van der Waals surface area contributed by atoms with Gasteiger partial charge in [0.25, 0.3) is 0 Å².